The fourth-order valence-electron chi connectivity index (χ4n) is 3.59. The average molecular weight is 523 g/mol. The molecule has 0 saturated heterocycles. The molecule has 0 atom stereocenters. The number of rotatable bonds is 2. The zero-order chi connectivity index (χ0) is 17.3. The molecule has 0 aliphatic carbocycles. The smallest absolute Gasteiger partial charge is 0.0366 e. The third kappa shape index (κ3) is 3.19. The largest absolute Gasteiger partial charge is 0.266 e. The minimum atomic E-state index is 0. The SMILES string of the molecule is [Ir].[c-]1ccc(-c2cccc3ccccc23)cc1-c1cccc2cccnc12. The predicted molar refractivity (Wildman–Crippen MR) is 109 cm³/mol. The monoisotopic (exact) mass is 523 g/mol. The molecule has 1 radical (unpaired) electrons. The van der Waals surface area contributed by atoms with Crippen LogP contribution < -0.4 is 0 Å². The van der Waals surface area contributed by atoms with Crippen molar-refractivity contribution in [2.24, 2.45) is 0 Å². The Morgan fingerprint density at radius 1 is 0.667 bits per heavy atom. The van der Waals surface area contributed by atoms with Crippen LogP contribution in [0.1, 0.15) is 0 Å². The molecule has 5 aromatic rings. The first-order valence-electron chi connectivity index (χ1n) is 8.74. The second kappa shape index (κ2) is 7.44. The molecule has 0 aliphatic heterocycles. The van der Waals surface area contributed by atoms with Crippen LogP contribution in [-0.2, 0) is 20.1 Å². The van der Waals surface area contributed by atoms with Crippen molar-refractivity contribution < 1.29 is 20.1 Å². The van der Waals surface area contributed by atoms with E-state index in [4.69, 9.17) is 0 Å². The number of para-hydroxylation sites is 1. The summed E-state index contributed by atoms with van der Waals surface area (Å²) in [5, 5.41) is 3.67. The van der Waals surface area contributed by atoms with E-state index in [1.807, 2.05) is 18.3 Å². The van der Waals surface area contributed by atoms with E-state index in [-0.39, 0.29) is 20.1 Å². The quantitative estimate of drug-likeness (QED) is 0.241. The first-order chi connectivity index (χ1) is 12.9. The van der Waals surface area contributed by atoms with E-state index in [2.05, 4.69) is 89.9 Å². The number of pyridine rings is 1. The van der Waals surface area contributed by atoms with Gasteiger partial charge >= 0.3 is 0 Å². The van der Waals surface area contributed by atoms with Crippen LogP contribution in [0.2, 0.25) is 0 Å². The molecule has 0 saturated carbocycles. The van der Waals surface area contributed by atoms with Crippen molar-refractivity contribution >= 4 is 21.7 Å². The van der Waals surface area contributed by atoms with Crippen molar-refractivity contribution in [3.05, 3.63) is 103 Å². The third-order valence-corrected chi connectivity index (χ3v) is 4.83. The van der Waals surface area contributed by atoms with Crippen LogP contribution in [0.25, 0.3) is 43.9 Å². The van der Waals surface area contributed by atoms with Crippen molar-refractivity contribution in [3.8, 4) is 22.3 Å². The van der Waals surface area contributed by atoms with Crippen LogP contribution in [0.3, 0.4) is 0 Å². The van der Waals surface area contributed by atoms with Crippen molar-refractivity contribution in [3.63, 3.8) is 0 Å². The van der Waals surface area contributed by atoms with E-state index in [0.717, 1.165) is 22.0 Å². The molecule has 0 bridgehead atoms. The summed E-state index contributed by atoms with van der Waals surface area (Å²) in [6.45, 7) is 0. The van der Waals surface area contributed by atoms with E-state index in [1.165, 1.54) is 21.9 Å². The molecule has 1 nitrogen and oxygen atoms in total. The first-order valence-corrected chi connectivity index (χ1v) is 8.74. The molecule has 2 heteroatoms. The van der Waals surface area contributed by atoms with Gasteiger partial charge in [0.1, 0.15) is 0 Å². The number of benzene rings is 4. The summed E-state index contributed by atoms with van der Waals surface area (Å²) in [6.07, 6.45) is 1.85. The summed E-state index contributed by atoms with van der Waals surface area (Å²) >= 11 is 0. The normalized spacial score (nSPS) is 10.7. The molecule has 0 N–H and O–H groups in total. The molecule has 5 rings (SSSR count). The van der Waals surface area contributed by atoms with E-state index in [0.29, 0.717) is 0 Å². The maximum Gasteiger partial charge on any atom is 0.0366 e. The van der Waals surface area contributed by atoms with Gasteiger partial charge < -0.3 is 0 Å². The molecule has 27 heavy (non-hydrogen) atoms. The summed E-state index contributed by atoms with van der Waals surface area (Å²) in [6, 6.07) is 35.1. The Balaban J connectivity index is 0.00000180. The van der Waals surface area contributed by atoms with E-state index < -0.39 is 0 Å². The van der Waals surface area contributed by atoms with Gasteiger partial charge in [0, 0.05) is 31.8 Å². The van der Waals surface area contributed by atoms with Gasteiger partial charge in [0.15, 0.2) is 0 Å². The van der Waals surface area contributed by atoms with Gasteiger partial charge in [0.2, 0.25) is 0 Å². The van der Waals surface area contributed by atoms with Gasteiger partial charge in [0.05, 0.1) is 0 Å². The number of aromatic nitrogens is 1. The molecule has 0 aliphatic rings. The maximum absolute atomic E-state index is 4.59. The van der Waals surface area contributed by atoms with Crippen molar-refractivity contribution in [1.82, 2.24) is 4.98 Å². The molecule has 0 unspecified atom stereocenters. The average Bonchev–Trinajstić information content (AvgIpc) is 2.73. The van der Waals surface area contributed by atoms with Crippen molar-refractivity contribution in [2.45, 2.75) is 0 Å². The Morgan fingerprint density at radius 3 is 2.33 bits per heavy atom. The zero-order valence-electron chi connectivity index (χ0n) is 14.5. The van der Waals surface area contributed by atoms with Crippen LogP contribution in [0, 0.1) is 6.07 Å². The molecule has 4 aromatic carbocycles. The summed E-state index contributed by atoms with van der Waals surface area (Å²) < 4.78 is 0. The Kier molecular flexibility index (Phi) is 4.85. The van der Waals surface area contributed by atoms with E-state index in [9.17, 15) is 0 Å². The number of hydrogen-bond donors (Lipinski definition) is 0. The second-order valence-electron chi connectivity index (χ2n) is 6.40. The maximum atomic E-state index is 4.59. The van der Waals surface area contributed by atoms with Gasteiger partial charge in [0.25, 0.3) is 0 Å². The van der Waals surface area contributed by atoms with Gasteiger partial charge in [-0.05, 0) is 27.8 Å². The molecule has 1 aromatic heterocycles. The molecule has 1 heterocycles. The molecule has 131 valence electrons. The molecule has 0 amide bonds. The Hall–Kier alpha value is -2.80. The van der Waals surface area contributed by atoms with Gasteiger partial charge in [-0.25, -0.2) is 0 Å². The van der Waals surface area contributed by atoms with Crippen LogP contribution in [0.5, 0.6) is 0 Å². The molecule has 0 fully saturated rings. The summed E-state index contributed by atoms with van der Waals surface area (Å²) in [4.78, 5) is 4.59. The fraction of sp³-hybridized carbons (Fsp3) is 0. The van der Waals surface area contributed by atoms with Gasteiger partial charge in [-0.3, -0.25) is 4.98 Å². The predicted octanol–water partition coefficient (Wildman–Crippen LogP) is 6.52. The minimum Gasteiger partial charge on any atom is -0.266 e. The molecule has 0 spiro atoms. The third-order valence-electron chi connectivity index (χ3n) is 4.83. The summed E-state index contributed by atoms with van der Waals surface area (Å²) in [5.41, 5.74) is 5.64. The fourth-order valence-corrected chi connectivity index (χ4v) is 3.59. The van der Waals surface area contributed by atoms with Crippen LogP contribution in [0.15, 0.2) is 97.2 Å². The topological polar surface area (TPSA) is 12.9 Å². The van der Waals surface area contributed by atoms with Gasteiger partial charge in [-0.15, -0.1) is 35.4 Å². The zero-order valence-corrected chi connectivity index (χ0v) is 16.9. The number of nitrogens with zero attached hydrogens (tertiary/aromatic N) is 1. The van der Waals surface area contributed by atoms with Crippen LogP contribution in [0.4, 0.5) is 0 Å². The van der Waals surface area contributed by atoms with Crippen molar-refractivity contribution in [2.75, 3.05) is 0 Å². The molecular formula is C25H16IrN-. The minimum absolute atomic E-state index is 0. The summed E-state index contributed by atoms with van der Waals surface area (Å²) in [5.74, 6) is 0. The van der Waals surface area contributed by atoms with Crippen LogP contribution in [-0.4, -0.2) is 4.98 Å². The second-order valence-corrected chi connectivity index (χ2v) is 6.40. The Bertz CT molecular complexity index is 1140. The first kappa shape index (κ1) is 17.6. The van der Waals surface area contributed by atoms with E-state index in [1.54, 1.807) is 0 Å². The standard InChI is InChI=1S/C25H16N.Ir/c1-2-13-22-18(7-1)8-4-14-23(22)20-10-3-11-21(17-20)24-15-5-9-19-12-6-16-26-25(19)24;/h1-10,12-17H;/q-1;. The van der Waals surface area contributed by atoms with E-state index >= 15 is 0 Å². The number of hydrogen-bond acceptors (Lipinski definition) is 1. The van der Waals surface area contributed by atoms with Gasteiger partial charge in [-0.1, -0.05) is 72.3 Å². The molecular weight excluding hydrogens is 506 g/mol. The van der Waals surface area contributed by atoms with Crippen LogP contribution >= 0.6 is 0 Å². The number of fused-ring (bicyclic) bond motifs is 2. The summed E-state index contributed by atoms with van der Waals surface area (Å²) in [7, 11) is 0. The van der Waals surface area contributed by atoms with Gasteiger partial charge in [-0.2, -0.15) is 0 Å². The Morgan fingerprint density at radius 2 is 1.41 bits per heavy atom. The Labute approximate surface area is 172 Å². The van der Waals surface area contributed by atoms with Crippen molar-refractivity contribution in [1.29, 1.82) is 0 Å².